The third-order valence-electron chi connectivity index (χ3n) is 3.31. The molecule has 0 amide bonds. The Morgan fingerprint density at radius 3 is 2.87 bits per heavy atom. The number of benzene rings is 1. The van der Waals surface area contributed by atoms with Gasteiger partial charge in [-0.2, -0.15) is 9.61 Å². The van der Waals surface area contributed by atoms with Crippen molar-refractivity contribution in [2.24, 2.45) is 5.11 Å². The van der Waals surface area contributed by atoms with Crippen LogP contribution < -0.4 is 0 Å². The predicted molar refractivity (Wildman–Crippen MR) is 88.3 cm³/mol. The third-order valence-corrected chi connectivity index (χ3v) is 4.17. The highest BCUT2D eigenvalue weighted by Gasteiger charge is 2.11. The first-order chi connectivity index (χ1) is 11.3. The quantitative estimate of drug-likeness (QED) is 0.317. The molecule has 110 valence electrons. The second-order valence-electron chi connectivity index (χ2n) is 4.73. The number of hydrogen-bond acceptors (Lipinski definition) is 5. The van der Waals surface area contributed by atoms with Gasteiger partial charge >= 0.3 is 0 Å². The topological polar surface area (TPSA) is 91.8 Å². The van der Waals surface area contributed by atoms with Gasteiger partial charge in [0, 0.05) is 16.2 Å². The van der Waals surface area contributed by atoms with Gasteiger partial charge in [0.05, 0.1) is 10.6 Å². The molecule has 0 aliphatic rings. The van der Waals surface area contributed by atoms with Gasteiger partial charge in [0.2, 0.25) is 0 Å². The molecule has 8 heteroatoms. The zero-order chi connectivity index (χ0) is 15.6. The molecule has 1 aromatic carbocycles. The Balaban J connectivity index is 1.87. The van der Waals surface area contributed by atoms with Crippen LogP contribution in [0.25, 0.3) is 38.0 Å². The summed E-state index contributed by atoms with van der Waals surface area (Å²) < 4.78 is 1.72. The molecule has 7 nitrogen and oxygen atoms in total. The Bertz CT molecular complexity index is 1030. The number of hydrogen-bond donors (Lipinski definition) is 0. The third kappa shape index (κ3) is 2.42. The van der Waals surface area contributed by atoms with Crippen LogP contribution in [0.2, 0.25) is 0 Å². The van der Waals surface area contributed by atoms with E-state index in [0.717, 1.165) is 16.1 Å². The fourth-order valence-corrected chi connectivity index (χ4v) is 2.97. The SMILES string of the molecule is [N-]=[N+]=Nc1cccc(-c2ccc3nnc(-c4cccs4)n3n2)c1. The molecule has 23 heavy (non-hydrogen) atoms. The molecule has 0 radical (unpaired) electrons. The molecule has 0 saturated heterocycles. The summed E-state index contributed by atoms with van der Waals surface area (Å²) in [6.07, 6.45) is 0. The Morgan fingerprint density at radius 1 is 1.09 bits per heavy atom. The second kappa shape index (κ2) is 5.53. The minimum absolute atomic E-state index is 0.550. The first-order valence-electron chi connectivity index (χ1n) is 6.77. The maximum atomic E-state index is 8.56. The van der Waals surface area contributed by atoms with E-state index in [1.54, 1.807) is 28.0 Å². The van der Waals surface area contributed by atoms with Crippen LogP contribution in [0.5, 0.6) is 0 Å². The number of thiophene rings is 1. The van der Waals surface area contributed by atoms with Crippen molar-refractivity contribution < 1.29 is 0 Å². The Kier molecular flexibility index (Phi) is 3.23. The predicted octanol–water partition coefficient (Wildman–Crippen LogP) is 4.46. The van der Waals surface area contributed by atoms with E-state index in [1.807, 2.05) is 41.8 Å². The summed E-state index contributed by atoms with van der Waals surface area (Å²) in [5.41, 5.74) is 11.4. The van der Waals surface area contributed by atoms with Crippen molar-refractivity contribution in [2.75, 3.05) is 0 Å². The molecule has 3 heterocycles. The van der Waals surface area contributed by atoms with E-state index in [4.69, 9.17) is 5.53 Å². The van der Waals surface area contributed by atoms with Gasteiger partial charge in [-0.15, -0.1) is 21.5 Å². The van der Waals surface area contributed by atoms with Crippen LogP contribution in [0.1, 0.15) is 0 Å². The molecular weight excluding hydrogens is 310 g/mol. The standard InChI is InChI=1S/C15H9N7S/c16-21-17-11-4-1-3-10(9-11)12-6-7-14-18-19-15(22(14)20-12)13-5-2-8-23-13/h1-9H. The number of nitrogens with zero attached hydrogens (tertiary/aromatic N) is 7. The van der Waals surface area contributed by atoms with E-state index < -0.39 is 0 Å². The molecule has 3 aromatic heterocycles. The number of azide groups is 1. The van der Waals surface area contributed by atoms with Crippen LogP contribution in [-0.4, -0.2) is 19.8 Å². The minimum atomic E-state index is 0.550. The van der Waals surface area contributed by atoms with Gasteiger partial charge in [-0.3, -0.25) is 0 Å². The van der Waals surface area contributed by atoms with Crippen LogP contribution in [0.4, 0.5) is 5.69 Å². The first kappa shape index (κ1) is 13.4. The van der Waals surface area contributed by atoms with Crippen LogP contribution in [0.15, 0.2) is 59.0 Å². The highest BCUT2D eigenvalue weighted by Crippen LogP contribution is 2.26. The average Bonchev–Trinajstić information content (AvgIpc) is 3.24. The van der Waals surface area contributed by atoms with Gasteiger partial charge in [-0.25, -0.2) is 0 Å². The van der Waals surface area contributed by atoms with Crippen molar-refractivity contribution in [2.45, 2.75) is 0 Å². The fourth-order valence-electron chi connectivity index (χ4n) is 2.28. The molecule has 4 rings (SSSR count). The summed E-state index contributed by atoms with van der Waals surface area (Å²) in [4.78, 5) is 3.82. The maximum absolute atomic E-state index is 8.56. The lowest BCUT2D eigenvalue weighted by atomic mass is 10.1. The highest BCUT2D eigenvalue weighted by molar-refractivity contribution is 7.13. The van der Waals surface area contributed by atoms with Crippen molar-refractivity contribution in [3.05, 3.63) is 64.4 Å². The van der Waals surface area contributed by atoms with E-state index in [-0.39, 0.29) is 0 Å². The van der Waals surface area contributed by atoms with E-state index >= 15 is 0 Å². The van der Waals surface area contributed by atoms with E-state index in [1.165, 1.54) is 0 Å². The van der Waals surface area contributed by atoms with Gasteiger partial charge in [0.15, 0.2) is 11.5 Å². The molecular formula is C15H9N7S. The lowest BCUT2D eigenvalue weighted by molar-refractivity contribution is 0.944. The summed E-state index contributed by atoms with van der Waals surface area (Å²) in [6, 6.07) is 15.0. The van der Waals surface area contributed by atoms with E-state index in [9.17, 15) is 0 Å². The van der Waals surface area contributed by atoms with Crippen LogP contribution >= 0.6 is 11.3 Å². The lowest BCUT2D eigenvalue weighted by Gasteiger charge is -2.03. The van der Waals surface area contributed by atoms with Gasteiger partial charge in [0.25, 0.3) is 0 Å². The minimum Gasteiger partial charge on any atom is -0.191 e. The van der Waals surface area contributed by atoms with Crippen molar-refractivity contribution >= 4 is 22.7 Å². The number of rotatable bonds is 3. The van der Waals surface area contributed by atoms with Gasteiger partial charge in [-0.05, 0) is 35.2 Å². The van der Waals surface area contributed by atoms with E-state index in [2.05, 4.69) is 25.3 Å². The van der Waals surface area contributed by atoms with E-state index in [0.29, 0.717) is 17.2 Å². The smallest absolute Gasteiger partial charge is 0.191 e. The molecule has 0 N–H and O–H groups in total. The highest BCUT2D eigenvalue weighted by atomic mass is 32.1. The summed E-state index contributed by atoms with van der Waals surface area (Å²) >= 11 is 1.59. The van der Waals surface area contributed by atoms with Crippen molar-refractivity contribution in [3.8, 4) is 22.0 Å². The Labute approximate surface area is 134 Å². The van der Waals surface area contributed by atoms with Gasteiger partial charge in [-0.1, -0.05) is 29.4 Å². The van der Waals surface area contributed by atoms with Gasteiger partial charge in [0.1, 0.15) is 0 Å². The normalized spacial score (nSPS) is 10.6. The zero-order valence-electron chi connectivity index (χ0n) is 11.7. The first-order valence-corrected chi connectivity index (χ1v) is 7.65. The lowest BCUT2D eigenvalue weighted by Crippen LogP contribution is -1.96. The van der Waals surface area contributed by atoms with Crippen LogP contribution in [0, 0.1) is 0 Å². The summed E-state index contributed by atoms with van der Waals surface area (Å²) in [7, 11) is 0. The molecule has 0 aliphatic carbocycles. The Morgan fingerprint density at radius 2 is 2.04 bits per heavy atom. The van der Waals surface area contributed by atoms with Crippen molar-refractivity contribution in [1.29, 1.82) is 0 Å². The molecule has 4 aromatic rings. The molecule has 0 atom stereocenters. The monoisotopic (exact) mass is 319 g/mol. The summed E-state index contributed by atoms with van der Waals surface area (Å²) in [5, 5.41) is 18.6. The second-order valence-corrected chi connectivity index (χ2v) is 5.68. The average molecular weight is 319 g/mol. The fraction of sp³-hybridized carbons (Fsp3) is 0. The molecule has 0 bridgehead atoms. The number of fused-ring (bicyclic) bond motifs is 1. The van der Waals surface area contributed by atoms with Crippen molar-refractivity contribution in [1.82, 2.24) is 19.8 Å². The summed E-state index contributed by atoms with van der Waals surface area (Å²) in [6.45, 7) is 0. The van der Waals surface area contributed by atoms with Crippen molar-refractivity contribution in [3.63, 3.8) is 0 Å². The maximum Gasteiger partial charge on any atom is 0.195 e. The van der Waals surface area contributed by atoms with Gasteiger partial charge < -0.3 is 0 Å². The Hall–Kier alpha value is -3.22. The molecule has 0 fully saturated rings. The zero-order valence-corrected chi connectivity index (χ0v) is 12.6. The van der Waals surface area contributed by atoms with Crippen LogP contribution in [0.3, 0.4) is 0 Å². The molecule has 0 unspecified atom stereocenters. The van der Waals surface area contributed by atoms with Crippen LogP contribution in [-0.2, 0) is 0 Å². The molecule has 0 aliphatic heterocycles. The summed E-state index contributed by atoms with van der Waals surface area (Å²) in [5.74, 6) is 0.711. The molecule has 0 saturated carbocycles. The molecule has 0 spiro atoms. The number of aromatic nitrogens is 4. The largest absolute Gasteiger partial charge is 0.195 e.